The van der Waals surface area contributed by atoms with Crippen molar-refractivity contribution in [3.63, 3.8) is 0 Å². The van der Waals surface area contributed by atoms with Crippen LogP contribution in [0.4, 0.5) is 0 Å². The van der Waals surface area contributed by atoms with Gasteiger partial charge in [0.05, 0.1) is 0 Å². The molecule has 0 aliphatic rings. The van der Waals surface area contributed by atoms with Crippen molar-refractivity contribution in [2.24, 2.45) is 0 Å². The molecule has 74 valence electrons. The molecular formula is C10H23NS. The van der Waals surface area contributed by atoms with Crippen LogP contribution < -0.4 is 5.32 Å². The summed E-state index contributed by atoms with van der Waals surface area (Å²) in [5.74, 6) is 1.29. The Kier molecular flexibility index (Phi) is 8.14. The predicted molar refractivity (Wildman–Crippen MR) is 60.0 cm³/mol. The highest BCUT2D eigenvalue weighted by molar-refractivity contribution is 7.99. The molecule has 1 nitrogen and oxygen atoms in total. The lowest BCUT2D eigenvalue weighted by Crippen LogP contribution is -2.26. The minimum absolute atomic E-state index is 0.687. The van der Waals surface area contributed by atoms with E-state index in [1.54, 1.807) is 0 Å². The first-order valence-corrected chi connectivity index (χ1v) is 6.10. The summed E-state index contributed by atoms with van der Waals surface area (Å²) in [7, 11) is 0. The third-order valence-corrected chi connectivity index (χ3v) is 3.45. The van der Waals surface area contributed by atoms with E-state index in [-0.39, 0.29) is 0 Å². The first kappa shape index (κ1) is 12.3. The van der Waals surface area contributed by atoms with E-state index in [1.165, 1.54) is 18.6 Å². The van der Waals surface area contributed by atoms with E-state index in [0.717, 1.165) is 11.8 Å². The molecule has 0 aliphatic carbocycles. The van der Waals surface area contributed by atoms with Gasteiger partial charge in [0.25, 0.3) is 0 Å². The van der Waals surface area contributed by atoms with Crippen molar-refractivity contribution < 1.29 is 0 Å². The molecule has 0 rings (SSSR count). The molecule has 0 fully saturated rings. The number of thioether (sulfide) groups is 1. The SMILES string of the molecule is CCNC(C)CCSC(C)CC. The van der Waals surface area contributed by atoms with Crippen LogP contribution in [0, 0.1) is 0 Å². The molecule has 2 atom stereocenters. The third kappa shape index (κ3) is 6.99. The molecule has 0 saturated carbocycles. The van der Waals surface area contributed by atoms with Crippen molar-refractivity contribution in [2.75, 3.05) is 12.3 Å². The Morgan fingerprint density at radius 1 is 1.25 bits per heavy atom. The van der Waals surface area contributed by atoms with Crippen LogP contribution in [0.25, 0.3) is 0 Å². The topological polar surface area (TPSA) is 12.0 Å². The Balaban J connectivity index is 3.18. The summed E-state index contributed by atoms with van der Waals surface area (Å²) in [5.41, 5.74) is 0. The Hall–Kier alpha value is 0.310. The van der Waals surface area contributed by atoms with Gasteiger partial charge in [0.15, 0.2) is 0 Å². The average Bonchev–Trinajstić information content (AvgIpc) is 2.04. The zero-order valence-electron chi connectivity index (χ0n) is 8.89. The Morgan fingerprint density at radius 3 is 2.42 bits per heavy atom. The van der Waals surface area contributed by atoms with Crippen molar-refractivity contribution >= 4 is 11.8 Å². The quantitative estimate of drug-likeness (QED) is 0.661. The van der Waals surface area contributed by atoms with Gasteiger partial charge < -0.3 is 5.32 Å². The molecule has 0 radical (unpaired) electrons. The fourth-order valence-corrected chi connectivity index (χ4v) is 2.14. The van der Waals surface area contributed by atoms with Gasteiger partial charge >= 0.3 is 0 Å². The van der Waals surface area contributed by atoms with E-state index in [0.29, 0.717) is 6.04 Å². The largest absolute Gasteiger partial charge is 0.315 e. The van der Waals surface area contributed by atoms with E-state index in [4.69, 9.17) is 0 Å². The molecule has 0 aromatic heterocycles. The molecule has 0 heterocycles. The van der Waals surface area contributed by atoms with Crippen LogP contribution in [0.2, 0.25) is 0 Å². The maximum atomic E-state index is 3.42. The zero-order chi connectivity index (χ0) is 9.40. The minimum atomic E-state index is 0.687. The van der Waals surface area contributed by atoms with Gasteiger partial charge in [-0.3, -0.25) is 0 Å². The summed E-state index contributed by atoms with van der Waals surface area (Å²) < 4.78 is 0. The highest BCUT2D eigenvalue weighted by Crippen LogP contribution is 2.14. The molecule has 1 N–H and O–H groups in total. The van der Waals surface area contributed by atoms with Crippen LogP contribution in [0.1, 0.15) is 40.5 Å². The normalized spacial score (nSPS) is 16.0. The van der Waals surface area contributed by atoms with Crippen molar-refractivity contribution in [3.05, 3.63) is 0 Å². The van der Waals surface area contributed by atoms with Crippen molar-refractivity contribution in [1.82, 2.24) is 5.32 Å². The summed E-state index contributed by atoms with van der Waals surface area (Å²) in [4.78, 5) is 0. The maximum Gasteiger partial charge on any atom is 0.00464 e. The molecule has 2 heteroatoms. The van der Waals surface area contributed by atoms with E-state index in [9.17, 15) is 0 Å². The Morgan fingerprint density at radius 2 is 1.92 bits per heavy atom. The van der Waals surface area contributed by atoms with Crippen LogP contribution in [0.5, 0.6) is 0 Å². The van der Waals surface area contributed by atoms with Crippen LogP contribution in [-0.2, 0) is 0 Å². The Bertz CT molecular complexity index is 95.8. The lowest BCUT2D eigenvalue weighted by molar-refractivity contribution is 0.556. The molecule has 0 aliphatic heterocycles. The van der Waals surface area contributed by atoms with Gasteiger partial charge in [0.2, 0.25) is 0 Å². The van der Waals surface area contributed by atoms with Crippen LogP contribution >= 0.6 is 11.8 Å². The molecule has 2 unspecified atom stereocenters. The second kappa shape index (κ2) is 7.93. The molecule has 0 spiro atoms. The minimum Gasteiger partial charge on any atom is -0.315 e. The van der Waals surface area contributed by atoms with Gasteiger partial charge in [-0.2, -0.15) is 11.8 Å². The van der Waals surface area contributed by atoms with Gasteiger partial charge in [0, 0.05) is 11.3 Å². The first-order chi connectivity index (χ1) is 5.70. The molecule has 12 heavy (non-hydrogen) atoms. The van der Waals surface area contributed by atoms with Crippen molar-refractivity contribution in [2.45, 2.75) is 51.8 Å². The Labute approximate surface area is 81.7 Å². The van der Waals surface area contributed by atoms with Crippen LogP contribution in [-0.4, -0.2) is 23.6 Å². The monoisotopic (exact) mass is 189 g/mol. The standard InChI is InChI=1S/C10H23NS/c1-5-10(4)12-8-7-9(3)11-6-2/h9-11H,5-8H2,1-4H3. The molecule has 0 amide bonds. The number of nitrogens with one attached hydrogen (secondary N) is 1. The van der Waals surface area contributed by atoms with Gasteiger partial charge in [-0.15, -0.1) is 0 Å². The predicted octanol–water partition coefficient (Wildman–Crippen LogP) is 2.91. The lowest BCUT2D eigenvalue weighted by atomic mass is 10.3. The summed E-state index contributed by atoms with van der Waals surface area (Å²) in [5, 5.41) is 4.26. The number of rotatable bonds is 7. The summed E-state index contributed by atoms with van der Waals surface area (Å²) >= 11 is 2.09. The van der Waals surface area contributed by atoms with Gasteiger partial charge in [0.1, 0.15) is 0 Å². The van der Waals surface area contributed by atoms with E-state index in [2.05, 4.69) is 44.8 Å². The summed E-state index contributed by atoms with van der Waals surface area (Å²) in [6.07, 6.45) is 2.59. The van der Waals surface area contributed by atoms with E-state index in [1.807, 2.05) is 0 Å². The molecule has 0 saturated heterocycles. The fourth-order valence-electron chi connectivity index (χ4n) is 1.01. The molecule has 0 aromatic rings. The van der Waals surface area contributed by atoms with Crippen molar-refractivity contribution in [3.8, 4) is 0 Å². The fraction of sp³-hybridized carbons (Fsp3) is 1.00. The van der Waals surface area contributed by atoms with E-state index < -0.39 is 0 Å². The van der Waals surface area contributed by atoms with Crippen molar-refractivity contribution in [1.29, 1.82) is 0 Å². The van der Waals surface area contributed by atoms with Gasteiger partial charge in [-0.1, -0.05) is 20.8 Å². The highest BCUT2D eigenvalue weighted by Gasteiger charge is 2.02. The zero-order valence-corrected chi connectivity index (χ0v) is 9.71. The second-order valence-electron chi connectivity index (χ2n) is 3.34. The van der Waals surface area contributed by atoms with E-state index >= 15 is 0 Å². The van der Waals surface area contributed by atoms with Crippen LogP contribution in [0.3, 0.4) is 0 Å². The molecular weight excluding hydrogens is 166 g/mol. The summed E-state index contributed by atoms with van der Waals surface area (Å²) in [6.45, 7) is 10.1. The molecule has 0 aromatic carbocycles. The lowest BCUT2D eigenvalue weighted by Gasteiger charge is -2.13. The summed E-state index contributed by atoms with van der Waals surface area (Å²) in [6, 6.07) is 0.687. The highest BCUT2D eigenvalue weighted by atomic mass is 32.2. The van der Waals surface area contributed by atoms with Gasteiger partial charge in [-0.05, 0) is 32.1 Å². The first-order valence-electron chi connectivity index (χ1n) is 5.05. The molecule has 0 bridgehead atoms. The second-order valence-corrected chi connectivity index (χ2v) is 4.88. The van der Waals surface area contributed by atoms with Gasteiger partial charge in [-0.25, -0.2) is 0 Å². The maximum absolute atomic E-state index is 3.42. The average molecular weight is 189 g/mol. The number of hydrogen-bond acceptors (Lipinski definition) is 2. The smallest absolute Gasteiger partial charge is 0.00464 e. The van der Waals surface area contributed by atoms with Crippen LogP contribution in [0.15, 0.2) is 0 Å². The third-order valence-electron chi connectivity index (χ3n) is 2.08. The number of hydrogen-bond donors (Lipinski definition) is 1.